The molecule has 0 atom stereocenters. The average molecular weight is 173 g/mol. The topological polar surface area (TPSA) is 58.9 Å². The van der Waals surface area contributed by atoms with E-state index in [0.29, 0.717) is 0 Å². The van der Waals surface area contributed by atoms with Crippen LogP contribution in [0.2, 0.25) is 0 Å². The van der Waals surface area contributed by atoms with Gasteiger partial charge in [-0.2, -0.15) is 5.10 Å². The Kier molecular flexibility index (Phi) is 1.05. The summed E-state index contributed by atoms with van der Waals surface area (Å²) in [6.45, 7) is 1.92. The van der Waals surface area contributed by atoms with Crippen LogP contribution in [0.5, 0.6) is 0 Å². The minimum Gasteiger partial charge on any atom is -0.276 e. The van der Waals surface area contributed by atoms with Gasteiger partial charge in [0, 0.05) is 0 Å². The molecule has 1 N–H and O–H groups in total. The van der Waals surface area contributed by atoms with Crippen LogP contribution in [-0.4, -0.2) is 24.8 Å². The number of aryl methyl sites for hydroxylation is 1. The molecule has 0 aliphatic rings. The first kappa shape index (κ1) is 6.59. The Balaban J connectivity index is 2.70. The molecule has 0 aliphatic heterocycles. The van der Waals surface area contributed by atoms with Crippen molar-refractivity contribution in [3.63, 3.8) is 0 Å². The Hall–Kier alpha value is -1.91. The highest BCUT2D eigenvalue weighted by molar-refractivity contribution is 5.77. The molecule has 5 heteroatoms. The normalized spacial score (nSPS) is 11.5. The van der Waals surface area contributed by atoms with E-state index in [1.165, 1.54) is 0 Å². The summed E-state index contributed by atoms with van der Waals surface area (Å²) in [6.07, 6.45) is 1.78. The molecule has 0 radical (unpaired) electrons. The van der Waals surface area contributed by atoms with E-state index in [4.69, 9.17) is 0 Å². The average Bonchev–Trinajstić information content (AvgIpc) is 2.70. The van der Waals surface area contributed by atoms with E-state index in [-0.39, 0.29) is 0 Å². The van der Waals surface area contributed by atoms with E-state index in [9.17, 15) is 0 Å². The third-order valence-electron chi connectivity index (χ3n) is 2.14. The zero-order chi connectivity index (χ0) is 8.84. The number of hydrogen-bond donors (Lipinski definition) is 1. The van der Waals surface area contributed by atoms with Crippen molar-refractivity contribution in [1.82, 2.24) is 24.8 Å². The second-order valence-corrected chi connectivity index (χ2v) is 2.94. The van der Waals surface area contributed by atoms with Gasteiger partial charge in [-0.1, -0.05) is 0 Å². The quantitative estimate of drug-likeness (QED) is 0.549. The van der Waals surface area contributed by atoms with Crippen LogP contribution in [0.1, 0.15) is 5.82 Å². The maximum atomic E-state index is 4.02. The summed E-state index contributed by atoms with van der Waals surface area (Å²) in [7, 11) is 0. The molecule has 0 aromatic carbocycles. The molecule has 0 spiro atoms. The molecule has 13 heavy (non-hydrogen) atoms. The highest BCUT2D eigenvalue weighted by atomic mass is 15.3. The van der Waals surface area contributed by atoms with Crippen LogP contribution in [-0.2, 0) is 0 Å². The third kappa shape index (κ3) is 0.729. The Labute approximate surface area is 73.4 Å². The summed E-state index contributed by atoms with van der Waals surface area (Å²) in [5.41, 5.74) is 2.86. The van der Waals surface area contributed by atoms with Gasteiger partial charge in [-0.15, -0.1) is 10.2 Å². The van der Waals surface area contributed by atoms with E-state index >= 15 is 0 Å². The molecule has 0 saturated carbocycles. The number of rotatable bonds is 0. The van der Waals surface area contributed by atoms with Crippen LogP contribution in [0.4, 0.5) is 0 Å². The molecule has 3 aromatic heterocycles. The fourth-order valence-electron chi connectivity index (χ4n) is 1.53. The molecule has 0 bridgehead atoms. The summed E-state index contributed by atoms with van der Waals surface area (Å²) in [4.78, 5) is 0. The molecule has 0 saturated heterocycles. The number of hydrogen-bond acceptors (Lipinski definition) is 3. The number of nitrogens with one attached hydrogen (secondary N) is 1. The molecular weight excluding hydrogens is 166 g/mol. The fraction of sp³-hybridized carbons (Fsp3) is 0.125. The van der Waals surface area contributed by atoms with Gasteiger partial charge in [0.05, 0.1) is 17.2 Å². The Morgan fingerprint density at radius 1 is 1.31 bits per heavy atom. The van der Waals surface area contributed by atoms with Crippen molar-refractivity contribution in [2.75, 3.05) is 0 Å². The lowest BCUT2D eigenvalue weighted by Gasteiger charge is -1.94. The molecule has 3 aromatic rings. The number of fused-ring (bicyclic) bond motifs is 3. The van der Waals surface area contributed by atoms with Crippen LogP contribution in [0, 0.1) is 6.92 Å². The van der Waals surface area contributed by atoms with Crippen molar-refractivity contribution >= 4 is 16.7 Å². The van der Waals surface area contributed by atoms with Crippen molar-refractivity contribution in [2.24, 2.45) is 0 Å². The lowest BCUT2D eigenvalue weighted by atomic mass is 10.4. The minimum absolute atomic E-state index is 0.853. The van der Waals surface area contributed by atoms with Crippen molar-refractivity contribution in [2.45, 2.75) is 6.92 Å². The molecule has 5 nitrogen and oxygen atoms in total. The Morgan fingerprint density at radius 2 is 2.23 bits per heavy atom. The molecule has 3 heterocycles. The van der Waals surface area contributed by atoms with E-state index in [0.717, 1.165) is 22.5 Å². The zero-order valence-electron chi connectivity index (χ0n) is 7.02. The van der Waals surface area contributed by atoms with Gasteiger partial charge in [-0.3, -0.25) is 9.50 Å². The second kappa shape index (κ2) is 2.07. The third-order valence-corrected chi connectivity index (χ3v) is 2.14. The van der Waals surface area contributed by atoms with E-state index < -0.39 is 0 Å². The largest absolute Gasteiger partial charge is 0.276 e. The van der Waals surface area contributed by atoms with E-state index in [1.807, 2.05) is 23.5 Å². The Morgan fingerprint density at radius 3 is 3.15 bits per heavy atom. The number of H-pyrrole nitrogens is 1. The Bertz CT molecular complexity index is 576. The lowest BCUT2D eigenvalue weighted by molar-refractivity contribution is 1.02. The fourth-order valence-corrected chi connectivity index (χ4v) is 1.53. The molecule has 0 amide bonds. The first-order valence-electron chi connectivity index (χ1n) is 4.00. The number of nitrogens with zero attached hydrogens (tertiary/aromatic N) is 4. The summed E-state index contributed by atoms with van der Waals surface area (Å²) in [6, 6.07) is 3.87. The highest BCUT2D eigenvalue weighted by Gasteiger charge is 2.05. The lowest BCUT2D eigenvalue weighted by Crippen LogP contribution is -1.88. The number of aromatic nitrogens is 5. The van der Waals surface area contributed by atoms with Gasteiger partial charge in [0.15, 0.2) is 5.65 Å². The summed E-state index contributed by atoms with van der Waals surface area (Å²) in [5, 5.41) is 14.9. The summed E-state index contributed by atoms with van der Waals surface area (Å²) >= 11 is 0. The van der Waals surface area contributed by atoms with E-state index in [1.54, 1.807) is 6.20 Å². The maximum Gasteiger partial charge on any atom is 0.161 e. The van der Waals surface area contributed by atoms with Crippen LogP contribution in [0.25, 0.3) is 16.7 Å². The second-order valence-electron chi connectivity index (χ2n) is 2.94. The van der Waals surface area contributed by atoms with E-state index in [2.05, 4.69) is 20.4 Å². The smallest absolute Gasteiger partial charge is 0.161 e. The summed E-state index contributed by atoms with van der Waals surface area (Å²) < 4.78 is 1.97. The monoisotopic (exact) mass is 173 g/mol. The predicted octanol–water partition coefficient (Wildman–Crippen LogP) is 0.914. The maximum absolute atomic E-state index is 4.02. The van der Waals surface area contributed by atoms with Crippen LogP contribution in [0.15, 0.2) is 18.3 Å². The minimum atomic E-state index is 0.853. The number of pyridine rings is 1. The van der Waals surface area contributed by atoms with Gasteiger partial charge < -0.3 is 0 Å². The van der Waals surface area contributed by atoms with Crippen molar-refractivity contribution < 1.29 is 0 Å². The van der Waals surface area contributed by atoms with Gasteiger partial charge in [0.2, 0.25) is 0 Å². The highest BCUT2D eigenvalue weighted by Crippen LogP contribution is 2.13. The van der Waals surface area contributed by atoms with Gasteiger partial charge in [0.25, 0.3) is 0 Å². The molecule has 0 aliphatic carbocycles. The van der Waals surface area contributed by atoms with Gasteiger partial charge in [-0.25, -0.2) is 0 Å². The molecule has 3 rings (SSSR count). The summed E-state index contributed by atoms with van der Waals surface area (Å²) in [5.74, 6) is 0.877. The predicted molar refractivity (Wildman–Crippen MR) is 47.4 cm³/mol. The van der Waals surface area contributed by atoms with Gasteiger partial charge in [0.1, 0.15) is 5.82 Å². The molecular formula is C8H7N5. The standard InChI is InChI=1S/C8H7N5/c1-5-10-12-8-3-2-6-7(13(5)8)4-9-11-6/h2-4H,1H3,(H,9,11). The van der Waals surface area contributed by atoms with Gasteiger partial charge in [-0.05, 0) is 19.1 Å². The van der Waals surface area contributed by atoms with Crippen molar-refractivity contribution in [3.8, 4) is 0 Å². The SMILES string of the molecule is Cc1nnc2ccc3[nH]ncc3n12. The van der Waals surface area contributed by atoms with Crippen LogP contribution in [0.3, 0.4) is 0 Å². The van der Waals surface area contributed by atoms with Crippen molar-refractivity contribution in [1.29, 1.82) is 0 Å². The zero-order valence-corrected chi connectivity index (χ0v) is 7.02. The van der Waals surface area contributed by atoms with Crippen LogP contribution < -0.4 is 0 Å². The first-order valence-corrected chi connectivity index (χ1v) is 4.00. The van der Waals surface area contributed by atoms with Crippen LogP contribution >= 0.6 is 0 Å². The van der Waals surface area contributed by atoms with Crippen molar-refractivity contribution in [3.05, 3.63) is 24.2 Å². The first-order chi connectivity index (χ1) is 6.36. The molecule has 0 fully saturated rings. The molecule has 0 unspecified atom stereocenters. The number of aromatic amines is 1. The molecule has 64 valence electrons. The van der Waals surface area contributed by atoms with Gasteiger partial charge >= 0.3 is 0 Å².